The van der Waals surface area contributed by atoms with Gasteiger partial charge in [0.15, 0.2) is 0 Å². The van der Waals surface area contributed by atoms with E-state index < -0.39 is 0 Å². The number of aryl methyl sites for hydroxylation is 2. The number of carbonyl (C=O) groups is 1. The molecule has 0 aromatic carbocycles. The van der Waals surface area contributed by atoms with Gasteiger partial charge < -0.3 is 4.74 Å². The van der Waals surface area contributed by atoms with Crippen molar-refractivity contribution in [1.29, 1.82) is 0 Å². The van der Waals surface area contributed by atoms with Gasteiger partial charge in [0.2, 0.25) is 0 Å². The fourth-order valence-electron chi connectivity index (χ4n) is 1.13. The molecule has 78 valence electrons. The highest BCUT2D eigenvalue weighted by Crippen LogP contribution is 2.09. The van der Waals surface area contributed by atoms with Crippen LogP contribution in [0.15, 0.2) is 6.20 Å². The molecule has 0 spiro atoms. The van der Waals surface area contributed by atoms with E-state index in [1.807, 2.05) is 13.8 Å². The molecule has 4 heteroatoms. The zero-order valence-corrected chi connectivity index (χ0v) is 9.07. The molecule has 1 heterocycles. The molecule has 1 aromatic heterocycles. The van der Waals surface area contributed by atoms with Crippen molar-refractivity contribution >= 4 is 5.97 Å². The van der Waals surface area contributed by atoms with E-state index in [2.05, 4.69) is 5.10 Å². The molecule has 0 radical (unpaired) electrons. The Balaban J connectivity index is 2.74. The highest BCUT2D eigenvalue weighted by molar-refractivity contribution is 5.90. The van der Waals surface area contributed by atoms with Crippen LogP contribution in [0.5, 0.6) is 0 Å². The molecule has 0 N–H and O–H groups in total. The lowest BCUT2D eigenvalue weighted by atomic mass is 10.2. The third kappa shape index (κ3) is 2.34. The number of hydrogen-bond donors (Lipinski definition) is 0. The second-order valence-electron chi connectivity index (χ2n) is 3.43. The summed E-state index contributed by atoms with van der Waals surface area (Å²) in [6.07, 6.45) is 2.47. The minimum absolute atomic E-state index is 0.0397. The Labute approximate surface area is 83.9 Å². The van der Waals surface area contributed by atoms with E-state index in [0.29, 0.717) is 11.3 Å². The summed E-state index contributed by atoms with van der Waals surface area (Å²) in [5, 5.41) is 4.08. The quantitative estimate of drug-likeness (QED) is 0.691. The summed E-state index contributed by atoms with van der Waals surface area (Å²) in [6, 6.07) is 0. The first-order valence-electron chi connectivity index (χ1n) is 4.75. The molecular formula is C10H16N2O2. The Bertz CT molecular complexity index is 331. The summed E-state index contributed by atoms with van der Waals surface area (Å²) in [7, 11) is 1.78. The summed E-state index contributed by atoms with van der Waals surface area (Å²) in [6.45, 7) is 5.66. The number of ether oxygens (including phenoxy) is 1. The number of carbonyl (C=O) groups excluding carboxylic acids is 1. The molecule has 0 bridgehead atoms. The Kier molecular flexibility index (Phi) is 3.28. The maximum Gasteiger partial charge on any atom is 0.341 e. The molecule has 1 aromatic rings. The van der Waals surface area contributed by atoms with Gasteiger partial charge in [-0.2, -0.15) is 5.10 Å². The molecule has 1 unspecified atom stereocenters. The highest BCUT2D eigenvalue weighted by atomic mass is 16.5. The summed E-state index contributed by atoms with van der Waals surface area (Å²) >= 11 is 0. The van der Waals surface area contributed by atoms with Crippen LogP contribution in [0.25, 0.3) is 0 Å². The third-order valence-electron chi connectivity index (χ3n) is 2.12. The zero-order valence-electron chi connectivity index (χ0n) is 9.07. The SMILES string of the molecule is CCC(C)OC(=O)c1cn(C)nc1C. The Morgan fingerprint density at radius 1 is 1.71 bits per heavy atom. The van der Waals surface area contributed by atoms with Gasteiger partial charge in [0.05, 0.1) is 11.8 Å². The number of aromatic nitrogens is 2. The van der Waals surface area contributed by atoms with E-state index in [4.69, 9.17) is 4.74 Å². The van der Waals surface area contributed by atoms with Gasteiger partial charge in [0.1, 0.15) is 5.56 Å². The van der Waals surface area contributed by atoms with Gasteiger partial charge in [-0.15, -0.1) is 0 Å². The predicted octanol–water partition coefficient (Wildman–Crippen LogP) is 1.68. The van der Waals surface area contributed by atoms with Crippen LogP contribution in [-0.2, 0) is 11.8 Å². The van der Waals surface area contributed by atoms with Gasteiger partial charge in [0.25, 0.3) is 0 Å². The van der Waals surface area contributed by atoms with Crippen LogP contribution >= 0.6 is 0 Å². The van der Waals surface area contributed by atoms with Gasteiger partial charge in [-0.1, -0.05) is 6.92 Å². The summed E-state index contributed by atoms with van der Waals surface area (Å²) in [5.41, 5.74) is 1.26. The van der Waals surface area contributed by atoms with Crippen LogP contribution in [0.4, 0.5) is 0 Å². The van der Waals surface area contributed by atoms with Gasteiger partial charge in [-0.25, -0.2) is 4.79 Å². The molecule has 0 saturated heterocycles. The lowest BCUT2D eigenvalue weighted by Gasteiger charge is -2.09. The minimum atomic E-state index is -0.287. The molecule has 14 heavy (non-hydrogen) atoms. The maximum atomic E-state index is 11.6. The van der Waals surface area contributed by atoms with Gasteiger partial charge >= 0.3 is 5.97 Å². The molecule has 0 aliphatic carbocycles. The lowest BCUT2D eigenvalue weighted by molar-refractivity contribution is 0.0333. The van der Waals surface area contributed by atoms with E-state index >= 15 is 0 Å². The first-order valence-corrected chi connectivity index (χ1v) is 4.75. The highest BCUT2D eigenvalue weighted by Gasteiger charge is 2.15. The first-order chi connectivity index (χ1) is 6.54. The Morgan fingerprint density at radius 3 is 2.79 bits per heavy atom. The van der Waals surface area contributed by atoms with Crippen LogP contribution in [0, 0.1) is 6.92 Å². The molecule has 0 amide bonds. The van der Waals surface area contributed by atoms with Gasteiger partial charge in [-0.05, 0) is 20.3 Å². The van der Waals surface area contributed by atoms with Crippen LogP contribution in [0.1, 0.15) is 36.3 Å². The molecule has 0 aliphatic rings. The smallest absolute Gasteiger partial charge is 0.341 e. The number of nitrogens with zero attached hydrogens (tertiary/aromatic N) is 2. The maximum absolute atomic E-state index is 11.6. The molecule has 1 atom stereocenters. The summed E-state index contributed by atoms with van der Waals surface area (Å²) < 4.78 is 6.80. The van der Waals surface area contributed by atoms with Gasteiger partial charge in [-0.3, -0.25) is 4.68 Å². The van der Waals surface area contributed by atoms with Crippen molar-refractivity contribution in [2.75, 3.05) is 0 Å². The lowest BCUT2D eigenvalue weighted by Crippen LogP contribution is -2.14. The minimum Gasteiger partial charge on any atom is -0.459 e. The Morgan fingerprint density at radius 2 is 2.36 bits per heavy atom. The molecule has 0 fully saturated rings. The van der Waals surface area contributed by atoms with Crippen LogP contribution in [-0.4, -0.2) is 21.9 Å². The molecule has 0 saturated carbocycles. The fourth-order valence-corrected chi connectivity index (χ4v) is 1.13. The van der Waals surface area contributed by atoms with E-state index in [-0.39, 0.29) is 12.1 Å². The zero-order chi connectivity index (χ0) is 10.7. The van der Waals surface area contributed by atoms with Crippen molar-refractivity contribution in [1.82, 2.24) is 9.78 Å². The number of rotatable bonds is 3. The molecule has 4 nitrogen and oxygen atoms in total. The van der Waals surface area contributed by atoms with Crippen molar-refractivity contribution in [3.05, 3.63) is 17.5 Å². The van der Waals surface area contributed by atoms with E-state index in [1.54, 1.807) is 24.9 Å². The summed E-state index contributed by atoms with van der Waals surface area (Å²) in [4.78, 5) is 11.6. The standard InChI is InChI=1S/C10H16N2O2/c1-5-7(2)14-10(13)9-6-12(4)11-8(9)3/h6-7H,5H2,1-4H3. The van der Waals surface area contributed by atoms with Crippen LogP contribution in [0.2, 0.25) is 0 Å². The molecule has 0 aliphatic heterocycles. The van der Waals surface area contributed by atoms with Crippen molar-refractivity contribution in [3.63, 3.8) is 0 Å². The molecule has 1 rings (SSSR count). The second kappa shape index (κ2) is 4.26. The van der Waals surface area contributed by atoms with E-state index in [1.165, 1.54) is 0 Å². The normalized spacial score (nSPS) is 12.6. The fraction of sp³-hybridized carbons (Fsp3) is 0.600. The predicted molar refractivity (Wildman–Crippen MR) is 53.1 cm³/mol. The van der Waals surface area contributed by atoms with Crippen molar-refractivity contribution in [2.45, 2.75) is 33.3 Å². The van der Waals surface area contributed by atoms with E-state index in [9.17, 15) is 4.79 Å². The van der Waals surface area contributed by atoms with Crippen molar-refractivity contribution < 1.29 is 9.53 Å². The number of hydrogen-bond acceptors (Lipinski definition) is 3. The average molecular weight is 196 g/mol. The Hall–Kier alpha value is -1.32. The second-order valence-corrected chi connectivity index (χ2v) is 3.43. The monoisotopic (exact) mass is 196 g/mol. The number of esters is 1. The van der Waals surface area contributed by atoms with E-state index in [0.717, 1.165) is 6.42 Å². The third-order valence-corrected chi connectivity index (χ3v) is 2.12. The van der Waals surface area contributed by atoms with Crippen LogP contribution < -0.4 is 0 Å². The van der Waals surface area contributed by atoms with Gasteiger partial charge in [0, 0.05) is 13.2 Å². The summed E-state index contributed by atoms with van der Waals surface area (Å²) in [5.74, 6) is -0.287. The molecular weight excluding hydrogens is 180 g/mol. The van der Waals surface area contributed by atoms with Crippen molar-refractivity contribution in [2.24, 2.45) is 7.05 Å². The average Bonchev–Trinajstić information content (AvgIpc) is 2.45. The first kappa shape index (κ1) is 10.8. The van der Waals surface area contributed by atoms with Crippen LogP contribution in [0.3, 0.4) is 0 Å². The topological polar surface area (TPSA) is 44.1 Å². The van der Waals surface area contributed by atoms with Crippen molar-refractivity contribution in [3.8, 4) is 0 Å². The largest absolute Gasteiger partial charge is 0.459 e.